The molecule has 10 heteroatoms. The second-order valence-corrected chi connectivity index (χ2v) is 5.08. The average Bonchev–Trinajstić information content (AvgIpc) is 2.78. The standard InChI is InChI=1S/C12H13F3N6O/c1-7-6-10(22)16-4-5-20(7)9-3-2-8-17-18-11(12(13,14)15)21(8)19-9/h2-3,7H,4-6H2,1H3,(H,16,22)/t7-/m0/s1. The van der Waals surface area contributed by atoms with Crippen molar-refractivity contribution >= 4 is 17.4 Å². The van der Waals surface area contributed by atoms with Gasteiger partial charge in [0.05, 0.1) is 0 Å². The van der Waals surface area contributed by atoms with Crippen LogP contribution in [0, 0.1) is 0 Å². The van der Waals surface area contributed by atoms with E-state index < -0.39 is 12.0 Å². The van der Waals surface area contributed by atoms with E-state index in [1.54, 1.807) is 11.0 Å². The van der Waals surface area contributed by atoms with Gasteiger partial charge in [0.1, 0.15) is 5.82 Å². The zero-order valence-electron chi connectivity index (χ0n) is 11.6. The molecule has 0 aliphatic carbocycles. The molecule has 0 aromatic carbocycles. The summed E-state index contributed by atoms with van der Waals surface area (Å²) in [5.41, 5.74) is 0.0211. The Hall–Kier alpha value is -2.39. The van der Waals surface area contributed by atoms with Crippen LogP contribution in [0.15, 0.2) is 12.1 Å². The highest BCUT2D eigenvalue weighted by Gasteiger charge is 2.38. The van der Waals surface area contributed by atoms with Gasteiger partial charge in [-0.05, 0) is 19.1 Å². The molecule has 0 radical (unpaired) electrons. The number of carbonyl (C=O) groups excluding carboxylic acids is 1. The number of amides is 1. The summed E-state index contributed by atoms with van der Waals surface area (Å²) in [5.74, 6) is -0.904. The van der Waals surface area contributed by atoms with Crippen molar-refractivity contribution in [2.24, 2.45) is 0 Å². The molecule has 1 saturated heterocycles. The van der Waals surface area contributed by atoms with Gasteiger partial charge in [-0.1, -0.05) is 0 Å². The number of halogens is 3. The first kappa shape index (κ1) is 14.5. The third-order valence-electron chi connectivity index (χ3n) is 3.48. The van der Waals surface area contributed by atoms with E-state index in [4.69, 9.17) is 0 Å². The van der Waals surface area contributed by atoms with Crippen LogP contribution in [0.1, 0.15) is 19.2 Å². The molecule has 1 aliphatic heterocycles. The lowest BCUT2D eigenvalue weighted by molar-refractivity contribution is -0.146. The fraction of sp³-hybridized carbons (Fsp3) is 0.500. The van der Waals surface area contributed by atoms with E-state index in [1.807, 2.05) is 6.92 Å². The molecule has 2 aromatic heterocycles. The molecule has 3 rings (SSSR count). The fourth-order valence-corrected chi connectivity index (χ4v) is 2.44. The van der Waals surface area contributed by atoms with Crippen LogP contribution in [0.3, 0.4) is 0 Å². The molecule has 22 heavy (non-hydrogen) atoms. The van der Waals surface area contributed by atoms with Crippen molar-refractivity contribution in [3.8, 4) is 0 Å². The van der Waals surface area contributed by atoms with Crippen molar-refractivity contribution in [2.75, 3.05) is 18.0 Å². The Morgan fingerprint density at radius 3 is 2.82 bits per heavy atom. The third kappa shape index (κ3) is 2.55. The SMILES string of the molecule is C[C@H]1CC(=O)NCCN1c1ccc2nnc(C(F)(F)F)n2n1. The minimum atomic E-state index is -4.63. The van der Waals surface area contributed by atoms with E-state index in [1.165, 1.54) is 6.07 Å². The Bertz CT molecular complexity index is 712. The highest BCUT2D eigenvalue weighted by Crippen LogP contribution is 2.28. The number of anilines is 1. The summed E-state index contributed by atoms with van der Waals surface area (Å²) in [6.07, 6.45) is -4.37. The molecule has 0 saturated carbocycles. The second-order valence-electron chi connectivity index (χ2n) is 5.08. The van der Waals surface area contributed by atoms with Crippen LogP contribution >= 0.6 is 0 Å². The molecular formula is C12H13F3N6O. The minimum Gasteiger partial charge on any atom is -0.354 e. The molecule has 1 N–H and O–H groups in total. The van der Waals surface area contributed by atoms with E-state index in [0.717, 1.165) is 0 Å². The first-order valence-electron chi connectivity index (χ1n) is 6.69. The Labute approximate surface area is 123 Å². The Balaban J connectivity index is 2.02. The van der Waals surface area contributed by atoms with Gasteiger partial charge in [0, 0.05) is 25.6 Å². The summed E-state index contributed by atoms with van der Waals surface area (Å²) in [6, 6.07) is 2.84. The molecule has 3 heterocycles. The van der Waals surface area contributed by atoms with Crippen LogP contribution < -0.4 is 10.2 Å². The maximum Gasteiger partial charge on any atom is 0.453 e. The predicted octanol–water partition coefficient (Wildman–Crippen LogP) is 0.858. The highest BCUT2D eigenvalue weighted by molar-refractivity contribution is 5.77. The zero-order chi connectivity index (χ0) is 15.9. The molecular weight excluding hydrogens is 301 g/mol. The molecule has 0 bridgehead atoms. The summed E-state index contributed by atoms with van der Waals surface area (Å²) >= 11 is 0. The second kappa shape index (κ2) is 5.11. The highest BCUT2D eigenvalue weighted by atomic mass is 19.4. The van der Waals surface area contributed by atoms with Crippen LogP contribution in [0.25, 0.3) is 5.65 Å². The monoisotopic (exact) mass is 314 g/mol. The third-order valence-corrected chi connectivity index (χ3v) is 3.48. The molecule has 1 atom stereocenters. The molecule has 1 aliphatic rings. The van der Waals surface area contributed by atoms with Gasteiger partial charge in [-0.25, -0.2) is 0 Å². The maximum atomic E-state index is 12.9. The van der Waals surface area contributed by atoms with Crippen molar-refractivity contribution in [3.05, 3.63) is 18.0 Å². The van der Waals surface area contributed by atoms with Crippen LogP contribution in [0.5, 0.6) is 0 Å². The Morgan fingerprint density at radius 1 is 1.32 bits per heavy atom. The number of fused-ring (bicyclic) bond motifs is 1. The van der Waals surface area contributed by atoms with E-state index in [9.17, 15) is 18.0 Å². The number of nitrogens with one attached hydrogen (secondary N) is 1. The number of alkyl halides is 3. The normalized spacial score (nSPS) is 20.1. The minimum absolute atomic E-state index is 0.0211. The lowest BCUT2D eigenvalue weighted by Crippen LogP contribution is -2.35. The zero-order valence-corrected chi connectivity index (χ0v) is 11.6. The van der Waals surface area contributed by atoms with Gasteiger partial charge in [-0.3, -0.25) is 4.79 Å². The number of hydrogen-bond donors (Lipinski definition) is 1. The lowest BCUT2D eigenvalue weighted by atomic mass is 10.2. The molecule has 118 valence electrons. The van der Waals surface area contributed by atoms with Crippen molar-refractivity contribution in [3.63, 3.8) is 0 Å². The summed E-state index contributed by atoms with van der Waals surface area (Å²) < 4.78 is 39.3. The predicted molar refractivity (Wildman–Crippen MR) is 70.2 cm³/mol. The number of aromatic nitrogens is 4. The smallest absolute Gasteiger partial charge is 0.354 e. The van der Waals surface area contributed by atoms with Gasteiger partial charge in [0.25, 0.3) is 5.82 Å². The van der Waals surface area contributed by atoms with Crippen molar-refractivity contribution in [2.45, 2.75) is 25.6 Å². The van der Waals surface area contributed by atoms with Crippen LogP contribution in [0.4, 0.5) is 19.0 Å². The van der Waals surface area contributed by atoms with Crippen molar-refractivity contribution < 1.29 is 18.0 Å². The summed E-state index contributed by atoms with van der Waals surface area (Å²) in [6.45, 7) is 2.71. The van der Waals surface area contributed by atoms with Crippen LogP contribution in [-0.4, -0.2) is 44.8 Å². The van der Waals surface area contributed by atoms with E-state index in [-0.39, 0.29) is 24.0 Å². The van der Waals surface area contributed by atoms with Gasteiger partial charge >= 0.3 is 6.18 Å². The molecule has 7 nitrogen and oxygen atoms in total. The summed E-state index contributed by atoms with van der Waals surface area (Å²) in [5, 5.41) is 13.3. The van der Waals surface area contributed by atoms with E-state index in [0.29, 0.717) is 23.4 Å². The first-order valence-corrected chi connectivity index (χ1v) is 6.69. The van der Waals surface area contributed by atoms with Gasteiger partial charge < -0.3 is 10.2 Å². The Kier molecular flexibility index (Phi) is 3.38. The van der Waals surface area contributed by atoms with Gasteiger partial charge in [-0.15, -0.1) is 15.3 Å². The largest absolute Gasteiger partial charge is 0.453 e. The molecule has 0 unspecified atom stereocenters. The average molecular weight is 314 g/mol. The Morgan fingerprint density at radius 2 is 2.09 bits per heavy atom. The van der Waals surface area contributed by atoms with Crippen LogP contribution in [-0.2, 0) is 11.0 Å². The van der Waals surface area contributed by atoms with E-state index >= 15 is 0 Å². The van der Waals surface area contributed by atoms with Crippen molar-refractivity contribution in [1.29, 1.82) is 0 Å². The van der Waals surface area contributed by atoms with Crippen molar-refractivity contribution in [1.82, 2.24) is 25.1 Å². The van der Waals surface area contributed by atoms with Gasteiger partial charge in [0.2, 0.25) is 5.91 Å². The molecule has 2 aromatic rings. The summed E-state index contributed by atoms with van der Waals surface area (Å²) in [4.78, 5) is 13.3. The lowest BCUT2D eigenvalue weighted by Gasteiger charge is -2.27. The van der Waals surface area contributed by atoms with Gasteiger partial charge in [0.15, 0.2) is 5.65 Å². The topological polar surface area (TPSA) is 75.4 Å². The first-order chi connectivity index (χ1) is 10.4. The fourth-order valence-electron chi connectivity index (χ4n) is 2.44. The molecule has 1 fully saturated rings. The van der Waals surface area contributed by atoms with Gasteiger partial charge in [-0.2, -0.15) is 17.7 Å². The van der Waals surface area contributed by atoms with Crippen LogP contribution in [0.2, 0.25) is 0 Å². The van der Waals surface area contributed by atoms with E-state index in [2.05, 4.69) is 20.6 Å². The summed E-state index contributed by atoms with van der Waals surface area (Å²) in [7, 11) is 0. The molecule has 1 amide bonds. The quantitative estimate of drug-likeness (QED) is 0.845. The number of carbonyl (C=O) groups is 1. The maximum absolute atomic E-state index is 12.9. The number of rotatable bonds is 1. The number of hydrogen-bond acceptors (Lipinski definition) is 5. The number of nitrogens with zero attached hydrogens (tertiary/aromatic N) is 5. The molecule has 0 spiro atoms.